The number of alkyl carbamates (subject to hydrolysis) is 1. The topological polar surface area (TPSA) is 58.6 Å². The Hall–Kier alpha value is -0.480. The second-order valence-electron chi connectivity index (χ2n) is 5.23. The van der Waals surface area contributed by atoms with Crippen molar-refractivity contribution in [2.75, 3.05) is 5.88 Å². The Labute approximate surface area is 101 Å². The maximum atomic E-state index is 11.5. The van der Waals surface area contributed by atoms with Gasteiger partial charge in [0.2, 0.25) is 0 Å². The van der Waals surface area contributed by atoms with Gasteiger partial charge in [-0.1, -0.05) is 0 Å². The van der Waals surface area contributed by atoms with Gasteiger partial charge in [0, 0.05) is 0 Å². The normalized spacial score (nSPS) is 20.1. The number of ether oxygens (including phenoxy) is 1. The highest BCUT2D eigenvalue weighted by Gasteiger charge is 2.37. The molecule has 0 radical (unpaired) electrons. The van der Waals surface area contributed by atoms with E-state index in [1.807, 2.05) is 0 Å². The fraction of sp³-hybridized carbons (Fsp3) is 0.909. The summed E-state index contributed by atoms with van der Waals surface area (Å²) in [4.78, 5) is 11.5. The van der Waals surface area contributed by atoms with E-state index in [1.165, 1.54) is 0 Å². The van der Waals surface area contributed by atoms with Crippen LogP contribution in [0.4, 0.5) is 4.79 Å². The van der Waals surface area contributed by atoms with E-state index >= 15 is 0 Å². The van der Waals surface area contributed by atoms with E-state index in [1.54, 1.807) is 20.8 Å². The minimum absolute atomic E-state index is 0.122. The van der Waals surface area contributed by atoms with Crippen LogP contribution < -0.4 is 5.32 Å². The zero-order valence-electron chi connectivity index (χ0n) is 10.00. The number of amides is 1. The molecule has 0 aromatic rings. The summed E-state index contributed by atoms with van der Waals surface area (Å²) in [5, 5.41) is 12.4. The van der Waals surface area contributed by atoms with E-state index in [9.17, 15) is 9.90 Å². The molecule has 94 valence electrons. The number of nitrogens with one attached hydrogen (secondary N) is 1. The Kier molecular flexibility index (Phi) is 4.44. The Morgan fingerprint density at radius 1 is 1.56 bits per heavy atom. The predicted octanol–water partition coefficient (Wildman–Crippen LogP) is 1.89. The van der Waals surface area contributed by atoms with Crippen LogP contribution in [0.5, 0.6) is 0 Å². The second kappa shape index (κ2) is 5.23. The van der Waals surface area contributed by atoms with Crippen molar-refractivity contribution < 1.29 is 14.6 Å². The Morgan fingerprint density at radius 2 is 2.12 bits per heavy atom. The van der Waals surface area contributed by atoms with Crippen molar-refractivity contribution in [2.45, 2.75) is 51.4 Å². The smallest absolute Gasteiger partial charge is 0.407 e. The molecule has 0 spiro atoms. The van der Waals surface area contributed by atoms with E-state index in [4.69, 9.17) is 16.3 Å². The number of alkyl halides is 1. The Bertz CT molecular complexity index is 248. The van der Waals surface area contributed by atoms with Crippen LogP contribution in [-0.4, -0.2) is 34.8 Å². The lowest BCUT2D eigenvalue weighted by Crippen LogP contribution is -2.47. The van der Waals surface area contributed by atoms with Crippen molar-refractivity contribution in [1.29, 1.82) is 0 Å². The third kappa shape index (κ3) is 4.58. The molecule has 1 amide bonds. The van der Waals surface area contributed by atoms with Crippen LogP contribution >= 0.6 is 11.6 Å². The molecule has 0 saturated heterocycles. The van der Waals surface area contributed by atoms with Crippen LogP contribution in [0.1, 0.15) is 33.6 Å². The second-order valence-corrected chi connectivity index (χ2v) is 5.54. The molecule has 1 unspecified atom stereocenters. The first-order chi connectivity index (χ1) is 7.33. The molecule has 0 aliphatic heterocycles. The molecule has 1 saturated carbocycles. The summed E-state index contributed by atoms with van der Waals surface area (Å²) in [6.45, 7) is 5.41. The molecule has 16 heavy (non-hydrogen) atoms. The van der Waals surface area contributed by atoms with E-state index in [0.29, 0.717) is 5.92 Å². The van der Waals surface area contributed by atoms with Crippen molar-refractivity contribution in [3.63, 3.8) is 0 Å². The Morgan fingerprint density at radius 3 is 2.50 bits per heavy atom. The van der Waals surface area contributed by atoms with Gasteiger partial charge in [-0.15, -0.1) is 11.6 Å². The first-order valence-corrected chi connectivity index (χ1v) is 6.10. The minimum atomic E-state index is -0.707. The molecule has 1 aliphatic carbocycles. The number of aliphatic hydroxyl groups excluding tert-OH is 1. The van der Waals surface area contributed by atoms with Crippen molar-refractivity contribution in [2.24, 2.45) is 5.92 Å². The average Bonchev–Trinajstić information content (AvgIpc) is 2.93. The highest BCUT2D eigenvalue weighted by Crippen LogP contribution is 2.34. The largest absolute Gasteiger partial charge is 0.444 e. The molecule has 1 fully saturated rings. The highest BCUT2D eigenvalue weighted by atomic mass is 35.5. The van der Waals surface area contributed by atoms with Gasteiger partial charge in [-0.25, -0.2) is 4.79 Å². The van der Waals surface area contributed by atoms with E-state index in [2.05, 4.69) is 5.32 Å². The number of carbonyl (C=O) groups excluding carboxylic acids is 1. The van der Waals surface area contributed by atoms with E-state index in [0.717, 1.165) is 12.8 Å². The monoisotopic (exact) mass is 249 g/mol. The molecule has 0 heterocycles. The van der Waals surface area contributed by atoms with Gasteiger partial charge in [0.05, 0.1) is 18.0 Å². The SMILES string of the molecule is CC(C)(C)OC(=O)N[C@@H](C(O)CCl)C1CC1. The van der Waals surface area contributed by atoms with Crippen LogP contribution in [0.3, 0.4) is 0 Å². The summed E-state index contributed by atoms with van der Waals surface area (Å²) in [6, 6.07) is -0.285. The maximum absolute atomic E-state index is 11.5. The number of hydrogen-bond donors (Lipinski definition) is 2. The molecule has 4 nitrogen and oxygen atoms in total. The molecule has 1 rings (SSSR count). The number of aliphatic hydroxyl groups is 1. The minimum Gasteiger partial charge on any atom is -0.444 e. The maximum Gasteiger partial charge on any atom is 0.407 e. The third-order valence-electron chi connectivity index (χ3n) is 2.39. The van der Waals surface area contributed by atoms with Crippen molar-refractivity contribution in [3.05, 3.63) is 0 Å². The Balaban J connectivity index is 2.45. The number of carbonyl (C=O) groups is 1. The summed E-state index contributed by atoms with van der Waals surface area (Å²) in [6.07, 6.45) is 0.846. The first-order valence-electron chi connectivity index (χ1n) is 5.57. The molecule has 5 heteroatoms. The summed E-state index contributed by atoms with van der Waals surface area (Å²) >= 11 is 5.59. The lowest BCUT2D eigenvalue weighted by atomic mass is 10.1. The first kappa shape index (κ1) is 13.6. The van der Waals surface area contributed by atoms with E-state index in [-0.39, 0.29) is 11.9 Å². The zero-order chi connectivity index (χ0) is 12.3. The van der Waals surface area contributed by atoms with Gasteiger partial charge < -0.3 is 15.2 Å². The fourth-order valence-corrected chi connectivity index (χ4v) is 1.72. The predicted molar refractivity (Wildman–Crippen MR) is 62.6 cm³/mol. The summed E-state index contributed by atoms with van der Waals surface area (Å²) in [7, 11) is 0. The van der Waals surface area contributed by atoms with Gasteiger partial charge in [0.1, 0.15) is 5.60 Å². The van der Waals surface area contributed by atoms with Crippen LogP contribution in [-0.2, 0) is 4.74 Å². The molecule has 2 atom stereocenters. The van der Waals surface area contributed by atoms with Crippen LogP contribution in [0.15, 0.2) is 0 Å². The summed E-state index contributed by atoms with van der Waals surface area (Å²) in [5.74, 6) is 0.456. The summed E-state index contributed by atoms with van der Waals surface area (Å²) < 4.78 is 5.14. The van der Waals surface area contributed by atoms with Gasteiger partial charge in [0.25, 0.3) is 0 Å². The lowest BCUT2D eigenvalue weighted by molar-refractivity contribution is 0.0423. The third-order valence-corrected chi connectivity index (χ3v) is 2.70. The van der Waals surface area contributed by atoms with Crippen molar-refractivity contribution >= 4 is 17.7 Å². The highest BCUT2D eigenvalue weighted by molar-refractivity contribution is 6.18. The van der Waals surface area contributed by atoms with Crippen LogP contribution in [0.25, 0.3) is 0 Å². The quantitative estimate of drug-likeness (QED) is 0.748. The molecule has 2 N–H and O–H groups in total. The standard InChI is InChI=1S/C11H20ClNO3/c1-11(2,3)16-10(15)13-9(7-4-5-7)8(14)6-12/h7-9,14H,4-6H2,1-3H3,(H,13,15)/t8?,9-/m1/s1. The number of halogens is 1. The van der Waals surface area contributed by atoms with Crippen LogP contribution in [0.2, 0.25) is 0 Å². The molecule has 0 aromatic heterocycles. The average molecular weight is 250 g/mol. The fourth-order valence-electron chi connectivity index (χ4n) is 1.52. The summed E-state index contributed by atoms with van der Waals surface area (Å²) in [5.41, 5.74) is -0.524. The van der Waals surface area contributed by atoms with Gasteiger partial charge in [-0.2, -0.15) is 0 Å². The van der Waals surface area contributed by atoms with Gasteiger partial charge in [-0.05, 0) is 39.5 Å². The van der Waals surface area contributed by atoms with Gasteiger partial charge in [0.15, 0.2) is 0 Å². The number of hydrogen-bond acceptors (Lipinski definition) is 3. The van der Waals surface area contributed by atoms with Gasteiger partial charge in [-0.3, -0.25) is 0 Å². The lowest BCUT2D eigenvalue weighted by Gasteiger charge is -2.25. The zero-order valence-corrected chi connectivity index (χ0v) is 10.8. The molecular formula is C11H20ClNO3. The number of rotatable bonds is 4. The molecule has 0 aromatic carbocycles. The van der Waals surface area contributed by atoms with Crippen molar-refractivity contribution in [3.8, 4) is 0 Å². The molecular weight excluding hydrogens is 230 g/mol. The van der Waals surface area contributed by atoms with Crippen molar-refractivity contribution in [1.82, 2.24) is 5.32 Å². The van der Waals surface area contributed by atoms with E-state index < -0.39 is 17.8 Å². The van der Waals surface area contributed by atoms with Gasteiger partial charge >= 0.3 is 6.09 Å². The van der Waals surface area contributed by atoms with Crippen LogP contribution in [0, 0.1) is 5.92 Å². The molecule has 1 aliphatic rings. The molecule has 0 bridgehead atoms.